The molecular weight excluding hydrogens is 306 g/mol. The van der Waals surface area contributed by atoms with E-state index in [0.29, 0.717) is 6.54 Å². The predicted molar refractivity (Wildman–Crippen MR) is 90.6 cm³/mol. The van der Waals surface area contributed by atoms with Crippen LogP contribution >= 0.6 is 0 Å². The van der Waals surface area contributed by atoms with E-state index in [1.807, 2.05) is 0 Å². The Morgan fingerprint density at radius 1 is 1.17 bits per heavy atom. The van der Waals surface area contributed by atoms with E-state index in [1.165, 1.54) is 31.2 Å². The topological polar surface area (TPSA) is 77.1 Å². The zero-order valence-corrected chi connectivity index (χ0v) is 13.8. The average Bonchev–Trinajstić information content (AvgIpc) is 3.07. The summed E-state index contributed by atoms with van der Waals surface area (Å²) in [5.74, 6) is 0.457. The van der Waals surface area contributed by atoms with E-state index in [9.17, 15) is 10.1 Å². The van der Waals surface area contributed by atoms with E-state index in [2.05, 4.69) is 45.3 Å². The first kappa shape index (κ1) is 16.6. The highest BCUT2D eigenvalue weighted by atomic mass is 16.6. The summed E-state index contributed by atoms with van der Waals surface area (Å²) in [5.41, 5.74) is 1.43. The lowest BCUT2D eigenvalue weighted by molar-refractivity contribution is -0.394. The van der Waals surface area contributed by atoms with Gasteiger partial charge in [-0.05, 0) is 61.7 Å². The van der Waals surface area contributed by atoms with Crippen LogP contribution in [0.1, 0.15) is 24.8 Å². The largest absolute Gasteiger partial charge is 0.490 e. The molecular formula is C17H23N5O2. The Bertz CT molecular complexity index is 650. The summed E-state index contributed by atoms with van der Waals surface area (Å²) in [4.78, 5) is 16.1. The summed E-state index contributed by atoms with van der Waals surface area (Å²) >= 11 is 0. The van der Waals surface area contributed by atoms with Crippen LogP contribution < -0.4 is 0 Å². The zero-order chi connectivity index (χ0) is 16.8. The molecule has 1 aliphatic heterocycles. The highest BCUT2D eigenvalue weighted by Crippen LogP contribution is 2.21. The molecule has 0 spiro atoms. The van der Waals surface area contributed by atoms with Gasteiger partial charge in [0.2, 0.25) is 6.33 Å². The number of likely N-dealkylation sites (tertiary alicyclic amines) is 1. The number of aryl methyl sites for hydroxylation is 1. The van der Waals surface area contributed by atoms with Crippen LogP contribution in [0.15, 0.2) is 36.7 Å². The first-order valence-corrected chi connectivity index (χ1v) is 8.51. The van der Waals surface area contributed by atoms with Gasteiger partial charge in [-0.2, -0.15) is 4.68 Å². The molecule has 7 heteroatoms. The van der Waals surface area contributed by atoms with Crippen LogP contribution in [0.4, 0.5) is 5.95 Å². The fourth-order valence-electron chi connectivity index (χ4n) is 3.29. The van der Waals surface area contributed by atoms with Gasteiger partial charge >= 0.3 is 5.95 Å². The lowest BCUT2D eigenvalue weighted by Gasteiger charge is -2.32. The fourth-order valence-corrected chi connectivity index (χ4v) is 3.29. The second-order valence-corrected chi connectivity index (χ2v) is 6.39. The molecule has 0 saturated carbocycles. The second kappa shape index (κ2) is 8.01. The predicted octanol–water partition coefficient (Wildman–Crippen LogP) is 2.53. The maximum absolute atomic E-state index is 10.6. The van der Waals surface area contributed by atoms with Crippen LogP contribution in [0.2, 0.25) is 0 Å². The SMILES string of the molecule is O=[N+]([O-])c1ncn(CCCN2CCC(Cc3ccccc3)CC2)n1. The highest BCUT2D eigenvalue weighted by molar-refractivity contribution is 5.15. The van der Waals surface area contributed by atoms with E-state index in [1.54, 1.807) is 4.68 Å². The van der Waals surface area contributed by atoms with Crippen molar-refractivity contribution in [1.82, 2.24) is 19.7 Å². The van der Waals surface area contributed by atoms with Gasteiger partial charge in [0.25, 0.3) is 0 Å². The minimum absolute atomic E-state index is 0.322. The van der Waals surface area contributed by atoms with Crippen LogP contribution in [0, 0.1) is 16.0 Å². The van der Waals surface area contributed by atoms with Crippen molar-refractivity contribution in [2.24, 2.45) is 5.92 Å². The second-order valence-electron chi connectivity index (χ2n) is 6.39. The Hall–Kier alpha value is -2.28. The van der Waals surface area contributed by atoms with Crippen LogP contribution in [0.25, 0.3) is 0 Å². The molecule has 2 heterocycles. The number of piperidine rings is 1. The third-order valence-electron chi connectivity index (χ3n) is 4.62. The molecule has 3 rings (SSSR count). The smallest absolute Gasteiger partial charge is 0.390 e. The molecule has 0 unspecified atom stereocenters. The first-order chi connectivity index (χ1) is 11.7. The van der Waals surface area contributed by atoms with E-state index in [4.69, 9.17) is 0 Å². The first-order valence-electron chi connectivity index (χ1n) is 8.51. The number of hydrogen-bond donors (Lipinski definition) is 0. The van der Waals surface area contributed by atoms with Crippen molar-refractivity contribution in [2.45, 2.75) is 32.2 Å². The van der Waals surface area contributed by atoms with Crippen LogP contribution in [-0.4, -0.2) is 44.2 Å². The Kier molecular flexibility index (Phi) is 5.53. The molecule has 1 aromatic heterocycles. The van der Waals surface area contributed by atoms with Crippen molar-refractivity contribution in [2.75, 3.05) is 19.6 Å². The third kappa shape index (κ3) is 4.61. The maximum Gasteiger partial charge on any atom is 0.490 e. The monoisotopic (exact) mass is 329 g/mol. The number of nitro groups is 1. The molecule has 0 aliphatic carbocycles. The molecule has 1 aliphatic rings. The van der Waals surface area contributed by atoms with Crippen LogP contribution in [-0.2, 0) is 13.0 Å². The molecule has 1 fully saturated rings. The van der Waals surface area contributed by atoms with Gasteiger partial charge in [0.05, 0.1) is 6.54 Å². The average molecular weight is 329 g/mol. The lowest BCUT2D eigenvalue weighted by Crippen LogP contribution is -2.35. The summed E-state index contributed by atoms with van der Waals surface area (Å²) in [6, 6.07) is 10.7. The Morgan fingerprint density at radius 3 is 2.58 bits per heavy atom. The van der Waals surface area contributed by atoms with Gasteiger partial charge in [-0.3, -0.25) is 0 Å². The van der Waals surface area contributed by atoms with E-state index >= 15 is 0 Å². The van der Waals surface area contributed by atoms with Crippen molar-refractivity contribution in [3.05, 3.63) is 52.3 Å². The maximum atomic E-state index is 10.6. The van der Waals surface area contributed by atoms with Gasteiger partial charge in [0.15, 0.2) is 0 Å². The third-order valence-corrected chi connectivity index (χ3v) is 4.62. The summed E-state index contributed by atoms with van der Waals surface area (Å²) in [6.45, 7) is 3.94. The summed E-state index contributed by atoms with van der Waals surface area (Å²) in [5, 5.41) is 14.4. The molecule has 2 aromatic rings. The molecule has 128 valence electrons. The van der Waals surface area contributed by atoms with Gasteiger partial charge in [0.1, 0.15) is 0 Å². The molecule has 24 heavy (non-hydrogen) atoms. The van der Waals surface area contributed by atoms with Crippen LogP contribution in [0.5, 0.6) is 0 Å². The summed E-state index contributed by atoms with van der Waals surface area (Å²) in [6.07, 6.45) is 6.03. The van der Waals surface area contributed by atoms with Crippen molar-refractivity contribution in [3.63, 3.8) is 0 Å². The van der Waals surface area contributed by atoms with Gasteiger partial charge in [-0.1, -0.05) is 35.3 Å². The van der Waals surface area contributed by atoms with Gasteiger partial charge in [-0.25, -0.2) is 0 Å². The lowest BCUT2D eigenvalue weighted by atomic mass is 9.90. The van der Waals surface area contributed by atoms with E-state index in [-0.39, 0.29) is 5.95 Å². The quantitative estimate of drug-likeness (QED) is 0.576. The number of benzene rings is 1. The van der Waals surface area contributed by atoms with Gasteiger partial charge < -0.3 is 15.0 Å². The molecule has 0 bridgehead atoms. The van der Waals surface area contributed by atoms with Crippen molar-refractivity contribution in [3.8, 4) is 0 Å². The normalized spacial score (nSPS) is 16.3. The zero-order valence-electron chi connectivity index (χ0n) is 13.8. The highest BCUT2D eigenvalue weighted by Gasteiger charge is 2.19. The molecule has 0 atom stereocenters. The number of hydrogen-bond acceptors (Lipinski definition) is 5. The van der Waals surface area contributed by atoms with Gasteiger partial charge in [0, 0.05) is 5.10 Å². The van der Waals surface area contributed by atoms with Crippen LogP contribution in [0.3, 0.4) is 0 Å². The standard InChI is InChI=1S/C17H23N5O2/c23-22(24)17-18-14-21(19-17)10-4-9-20-11-7-16(8-12-20)13-15-5-2-1-3-6-15/h1-3,5-6,14,16H,4,7-13H2. The molecule has 0 N–H and O–H groups in total. The van der Waals surface area contributed by atoms with E-state index < -0.39 is 4.92 Å². The number of nitrogens with zero attached hydrogens (tertiary/aromatic N) is 5. The Balaban J connectivity index is 1.35. The minimum atomic E-state index is -0.561. The minimum Gasteiger partial charge on any atom is -0.390 e. The summed E-state index contributed by atoms with van der Waals surface area (Å²) in [7, 11) is 0. The number of rotatable bonds is 7. The van der Waals surface area contributed by atoms with Gasteiger partial charge in [-0.15, -0.1) is 0 Å². The Morgan fingerprint density at radius 2 is 1.92 bits per heavy atom. The molecule has 1 saturated heterocycles. The molecule has 1 aromatic carbocycles. The van der Waals surface area contributed by atoms with Crippen molar-refractivity contribution < 1.29 is 4.92 Å². The Labute approximate surface area is 141 Å². The van der Waals surface area contributed by atoms with E-state index in [0.717, 1.165) is 32.0 Å². The fraction of sp³-hybridized carbons (Fsp3) is 0.529. The van der Waals surface area contributed by atoms with Crippen molar-refractivity contribution >= 4 is 5.95 Å². The molecule has 0 radical (unpaired) electrons. The molecule has 7 nitrogen and oxygen atoms in total. The number of aromatic nitrogens is 3. The summed E-state index contributed by atoms with van der Waals surface area (Å²) < 4.78 is 1.56. The molecule has 0 amide bonds. The van der Waals surface area contributed by atoms with Crippen molar-refractivity contribution in [1.29, 1.82) is 0 Å².